The summed E-state index contributed by atoms with van der Waals surface area (Å²) in [5.41, 5.74) is 0. The van der Waals surface area contributed by atoms with Crippen LogP contribution in [0.5, 0.6) is 0 Å². The Balaban J connectivity index is 1.66. The average molecular weight is 295 g/mol. The Morgan fingerprint density at radius 3 is 2.67 bits per heavy atom. The summed E-state index contributed by atoms with van der Waals surface area (Å²) in [5.74, 6) is 1.54. The van der Waals surface area contributed by atoms with Crippen molar-refractivity contribution in [3.8, 4) is 0 Å². The first kappa shape index (κ1) is 16.8. The molecule has 1 amide bonds. The fraction of sp³-hybridized carbons (Fsp3) is 0.941. The normalized spacial score (nSPS) is 25.2. The Morgan fingerprint density at radius 2 is 2.05 bits per heavy atom. The molecule has 2 N–H and O–H groups in total. The molecule has 2 unspecified atom stereocenters. The number of carbonyl (C=O) groups is 1. The van der Waals surface area contributed by atoms with E-state index in [-0.39, 0.29) is 5.91 Å². The van der Waals surface area contributed by atoms with Crippen molar-refractivity contribution in [1.29, 1.82) is 0 Å². The van der Waals surface area contributed by atoms with E-state index in [9.17, 15) is 4.79 Å². The van der Waals surface area contributed by atoms with Crippen LogP contribution < -0.4 is 10.6 Å². The molecule has 0 aliphatic carbocycles. The standard InChI is InChI=1S/C17H33N3O/c1-14(2)16(20-10-3-4-11-20)13-19-17(21)8-7-15-6-5-9-18-12-15/h14-16,18H,3-13H2,1-2H3,(H,19,21). The van der Waals surface area contributed by atoms with Gasteiger partial charge in [0.05, 0.1) is 0 Å². The van der Waals surface area contributed by atoms with Gasteiger partial charge in [0, 0.05) is 19.0 Å². The lowest BCUT2D eigenvalue weighted by molar-refractivity contribution is -0.121. The van der Waals surface area contributed by atoms with Crippen LogP contribution in [0, 0.1) is 11.8 Å². The number of likely N-dealkylation sites (tertiary alicyclic amines) is 1. The maximum absolute atomic E-state index is 12.1. The van der Waals surface area contributed by atoms with Gasteiger partial charge in [0.2, 0.25) is 5.91 Å². The number of carbonyl (C=O) groups excluding carboxylic acids is 1. The van der Waals surface area contributed by atoms with E-state index < -0.39 is 0 Å². The lowest BCUT2D eigenvalue weighted by atomic mass is 9.94. The molecule has 4 nitrogen and oxygen atoms in total. The predicted molar refractivity (Wildman–Crippen MR) is 87.3 cm³/mol. The molecule has 2 heterocycles. The van der Waals surface area contributed by atoms with Crippen LogP contribution in [0.1, 0.15) is 52.4 Å². The number of hydrogen-bond donors (Lipinski definition) is 2. The summed E-state index contributed by atoms with van der Waals surface area (Å²) >= 11 is 0. The zero-order chi connectivity index (χ0) is 15.1. The van der Waals surface area contributed by atoms with Crippen molar-refractivity contribution >= 4 is 5.91 Å². The van der Waals surface area contributed by atoms with Crippen LogP contribution in [0.15, 0.2) is 0 Å². The van der Waals surface area contributed by atoms with Crippen LogP contribution in [0.4, 0.5) is 0 Å². The van der Waals surface area contributed by atoms with Gasteiger partial charge in [-0.25, -0.2) is 0 Å². The van der Waals surface area contributed by atoms with Crippen LogP contribution in [-0.2, 0) is 4.79 Å². The van der Waals surface area contributed by atoms with Crippen LogP contribution in [-0.4, -0.2) is 49.6 Å². The van der Waals surface area contributed by atoms with E-state index in [2.05, 4.69) is 29.4 Å². The number of nitrogens with one attached hydrogen (secondary N) is 2. The van der Waals surface area contributed by atoms with Crippen molar-refractivity contribution in [3.05, 3.63) is 0 Å². The minimum Gasteiger partial charge on any atom is -0.355 e. The van der Waals surface area contributed by atoms with Gasteiger partial charge >= 0.3 is 0 Å². The molecule has 2 atom stereocenters. The fourth-order valence-electron chi connectivity index (χ4n) is 3.67. The third-order valence-electron chi connectivity index (χ3n) is 5.07. The van der Waals surface area contributed by atoms with Gasteiger partial charge in [0.15, 0.2) is 0 Å². The molecule has 2 saturated heterocycles. The van der Waals surface area contributed by atoms with E-state index >= 15 is 0 Å². The zero-order valence-corrected chi connectivity index (χ0v) is 13.9. The van der Waals surface area contributed by atoms with E-state index in [1.165, 1.54) is 38.8 Å². The molecule has 21 heavy (non-hydrogen) atoms. The Morgan fingerprint density at radius 1 is 1.29 bits per heavy atom. The van der Waals surface area contributed by atoms with Gasteiger partial charge in [0.1, 0.15) is 0 Å². The molecule has 2 rings (SSSR count). The lowest BCUT2D eigenvalue weighted by Gasteiger charge is -2.31. The smallest absolute Gasteiger partial charge is 0.220 e. The second kappa shape index (κ2) is 8.74. The maximum Gasteiger partial charge on any atom is 0.220 e. The van der Waals surface area contributed by atoms with Crippen molar-refractivity contribution in [1.82, 2.24) is 15.5 Å². The van der Waals surface area contributed by atoms with Gasteiger partial charge in [-0.2, -0.15) is 0 Å². The molecule has 4 heteroatoms. The number of amides is 1. The Kier molecular flexibility index (Phi) is 6.97. The molecular weight excluding hydrogens is 262 g/mol. The topological polar surface area (TPSA) is 44.4 Å². The Labute approximate surface area is 130 Å². The average Bonchev–Trinajstić information content (AvgIpc) is 3.00. The molecule has 0 bridgehead atoms. The van der Waals surface area contributed by atoms with Crippen molar-refractivity contribution < 1.29 is 4.79 Å². The largest absolute Gasteiger partial charge is 0.355 e. The summed E-state index contributed by atoms with van der Waals surface area (Å²) in [4.78, 5) is 14.6. The summed E-state index contributed by atoms with van der Waals surface area (Å²) in [6.07, 6.45) is 6.89. The third kappa shape index (κ3) is 5.59. The summed E-state index contributed by atoms with van der Waals surface area (Å²) in [6, 6.07) is 0.507. The molecule has 0 aromatic rings. The maximum atomic E-state index is 12.1. The SMILES string of the molecule is CC(C)C(CNC(=O)CCC1CCCNC1)N1CCCC1. The summed E-state index contributed by atoms with van der Waals surface area (Å²) in [5, 5.41) is 6.60. The van der Waals surface area contributed by atoms with Crippen molar-refractivity contribution in [2.45, 2.75) is 58.4 Å². The second-order valence-electron chi connectivity index (χ2n) is 7.11. The van der Waals surface area contributed by atoms with E-state index in [4.69, 9.17) is 0 Å². The predicted octanol–water partition coefficient (Wildman–Crippen LogP) is 2.00. The molecule has 0 saturated carbocycles. The van der Waals surface area contributed by atoms with E-state index in [1.54, 1.807) is 0 Å². The van der Waals surface area contributed by atoms with Gasteiger partial charge < -0.3 is 10.6 Å². The van der Waals surface area contributed by atoms with Crippen LogP contribution in [0.3, 0.4) is 0 Å². The molecular formula is C17H33N3O. The molecule has 0 radical (unpaired) electrons. The highest BCUT2D eigenvalue weighted by Crippen LogP contribution is 2.18. The van der Waals surface area contributed by atoms with Crippen LogP contribution in [0.25, 0.3) is 0 Å². The van der Waals surface area contributed by atoms with Gasteiger partial charge in [-0.05, 0) is 70.1 Å². The zero-order valence-electron chi connectivity index (χ0n) is 13.9. The number of nitrogens with zero attached hydrogens (tertiary/aromatic N) is 1. The minimum absolute atomic E-state index is 0.241. The van der Waals surface area contributed by atoms with Gasteiger partial charge in [-0.15, -0.1) is 0 Å². The second-order valence-corrected chi connectivity index (χ2v) is 7.11. The van der Waals surface area contributed by atoms with Crippen molar-refractivity contribution in [2.24, 2.45) is 11.8 Å². The highest BCUT2D eigenvalue weighted by atomic mass is 16.1. The molecule has 0 aromatic heterocycles. The van der Waals surface area contributed by atoms with Crippen molar-refractivity contribution in [3.63, 3.8) is 0 Å². The highest BCUT2D eigenvalue weighted by Gasteiger charge is 2.25. The van der Waals surface area contributed by atoms with E-state index in [0.29, 0.717) is 24.3 Å². The molecule has 0 spiro atoms. The summed E-state index contributed by atoms with van der Waals surface area (Å²) < 4.78 is 0. The molecule has 0 aromatic carbocycles. The molecule has 2 aliphatic heterocycles. The van der Waals surface area contributed by atoms with Gasteiger partial charge in [-0.1, -0.05) is 13.8 Å². The lowest BCUT2D eigenvalue weighted by Crippen LogP contribution is -2.45. The monoisotopic (exact) mass is 295 g/mol. The first-order chi connectivity index (χ1) is 10.2. The van der Waals surface area contributed by atoms with Gasteiger partial charge in [-0.3, -0.25) is 9.69 Å². The first-order valence-electron chi connectivity index (χ1n) is 8.88. The fourth-order valence-corrected chi connectivity index (χ4v) is 3.67. The van der Waals surface area contributed by atoms with Crippen LogP contribution in [0.2, 0.25) is 0 Å². The highest BCUT2D eigenvalue weighted by molar-refractivity contribution is 5.75. The number of piperidine rings is 1. The third-order valence-corrected chi connectivity index (χ3v) is 5.07. The minimum atomic E-state index is 0.241. The first-order valence-corrected chi connectivity index (χ1v) is 8.88. The molecule has 2 fully saturated rings. The summed E-state index contributed by atoms with van der Waals surface area (Å²) in [6.45, 7) is 9.99. The van der Waals surface area contributed by atoms with Gasteiger partial charge in [0.25, 0.3) is 0 Å². The van der Waals surface area contributed by atoms with E-state index in [1.807, 2.05) is 0 Å². The summed E-state index contributed by atoms with van der Waals surface area (Å²) in [7, 11) is 0. The van der Waals surface area contributed by atoms with E-state index in [0.717, 1.165) is 26.1 Å². The van der Waals surface area contributed by atoms with Crippen molar-refractivity contribution in [2.75, 3.05) is 32.7 Å². The number of hydrogen-bond acceptors (Lipinski definition) is 3. The quantitative estimate of drug-likeness (QED) is 0.755. The Bertz CT molecular complexity index is 307. The number of rotatable bonds is 7. The van der Waals surface area contributed by atoms with Crippen LogP contribution >= 0.6 is 0 Å². The Hall–Kier alpha value is -0.610. The molecule has 2 aliphatic rings. The molecule has 122 valence electrons.